The second-order valence-electron chi connectivity index (χ2n) is 7.15. The molecule has 1 amide bonds. The van der Waals surface area contributed by atoms with Gasteiger partial charge < -0.3 is 19.8 Å². The molecule has 1 unspecified atom stereocenters. The molecule has 0 aromatic heterocycles. The quantitative estimate of drug-likeness (QED) is 0.500. The van der Waals surface area contributed by atoms with Gasteiger partial charge in [0.15, 0.2) is 0 Å². The lowest BCUT2D eigenvalue weighted by Gasteiger charge is -2.27. The molecule has 1 aromatic carbocycles. The maximum Gasteiger partial charge on any atom is 0.305 e. The van der Waals surface area contributed by atoms with Gasteiger partial charge in [-0.25, -0.2) is 4.99 Å². The van der Waals surface area contributed by atoms with Gasteiger partial charge in [-0.05, 0) is 31.0 Å². The zero-order chi connectivity index (χ0) is 19.9. The van der Waals surface area contributed by atoms with Crippen LogP contribution in [-0.4, -0.2) is 52.2 Å². The third-order valence-electron chi connectivity index (χ3n) is 4.99. The first-order chi connectivity index (χ1) is 13.6. The van der Waals surface area contributed by atoms with Crippen LogP contribution in [-0.2, 0) is 16.1 Å². The Bertz CT molecular complexity index is 749. The number of aliphatic carboxylic acids is 1. The van der Waals surface area contributed by atoms with E-state index in [1.807, 2.05) is 18.2 Å². The average Bonchev–Trinajstić information content (AvgIpc) is 2.96. The van der Waals surface area contributed by atoms with Gasteiger partial charge in [-0.15, -0.1) is 0 Å². The Hall–Kier alpha value is -2.61. The van der Waals surface area contributed by atoms with Crippen LogP contribution in [0, 0.1) is 0 Å². The summed E-state index contributed by atoms with van der Waals surface area (Å²) in [5.74, 6) is -0.172. The van der Waals surface area contributed by atoms with Gasteiger partial charge in [0.05, 0.1) is 18.7 Å². The van der Waals surface area contributed by atoms with Crippen LogP contribution in [0.5, 0.6) is 5.75 Å². The first kappa shape index (κ1) is 20.1. The molecule has 28 heavy (non-hydrogen) atoms. The highest BCUT2D eigenvalue weighted by Gasteiger charge is 2.40. The van der Waals surface area contributed by atoms with Crippen molar-refractivity contribution >= 4 is 23.5 Å². The molecular formula is C20H27N3O5. The Balaban J connectivity index is 1.52. The second kappa shape index (κ2) is 9.54. The first-order valence-corrected chi connectivity index (χ1v) is 9.83. The summed E-state index contributed by atoms with van der Waals surface area (Å²) in [5, 5.41) is 20.5. The molecular weight excluding hydrogens is 362 g/mol. The number of benzene rings is 1. The highest BCUT2D eigenvalue weighted by atomic mass is 16.5. The zero-order valence-corrected chi connectivity index (χ0v) is 15.9. The minimum Gasteiger partial charge on any atom is -0.494 e. The molecule has 8 nitrogen and oxygen atoms in total. The summed E-state index contributed by atoms with van der Waals surface area (Å²) >= 11 is 0. The number of aliphatic hydroxyl groups is 1. The molecule has 1 saturated heterocycles. The number of carboxylic acid groups (broad SMARTS) is 1. The molecule has 0 spiro atoms. The number of unbranched alkanes of at least 4 members (excludes halogenated alkanes) is 5. The fraction of sp³-hybridized carbons (Fsp3) is 0.550. The van der Waals surface area contributed by atoms with E-state index in [9.17, 15) is 9.59 Å². The topological polar surface area (TPSA) is 111 Å². The van der Waals surface area contributed by atoms with E-state index in [2.05, 4.69) is 10.3 Å². The van der Waals surface area contributed by atoms with Crippen molar-refractivity contribution in [3.05, 3.63) is 23.8 Å². The number of rotatable bonds is 11. The molecule has 3 N–H and O–H groups in total. The third-order valence-corrected chi connectivity index (χ3v) is 4.99. The number of carbonyl (C=O) groups is 2. The Labute approximate surface area is 164 Å². The number of carbonyl (C=O) groups excluding carboxylic acids is 1. The molecule has 152 valence electrons. The lowest BCUT2D eigenvalue weighted by molar-refractivity contribution is -0.140. The number of fused-ring (bicyclic) bond motifs is 2. The molecule has 3 rings (SSSR count). The summed E-state index contributed by atoms with van der Waals surface area (Å²) in [6.45, 7) is 1.33. The molecule has 0 radical (unpaired) electrons. The highest BCUT2D eigenvalue weighted by Crippen LogP contribution is 2.32. The van der Waals surface area contributed by atoms with Gasteiger partial charge in [0.1, 0.15) is 11.8 Å². The van der Waals surface area contributed by atoms with Crippen molar-refractivity contribution in [3.63, 3.8) is 0 Å². The van der Waals surface area contributed by atoms with Gasteiger partial charge in [0.25, 0.3) is 0 Å². The Morgan fingerprint density at radius 1 is 1.21 bits per heavy atom. The van der Waals surface area contributed by atoms with Crippen LogP contribution in [0.15, 0.2) is 23.2 Å². The van der Waals surface area contributed by atoms with Crippen molar-refractivity contribution in [2.75, 3.05) is 13.2 Å². The van der Waals surface area contributed by atoms with Gasteiger partial charge in [-0.3, -0.25) is 14.9 Å². The van der Waals surface area contributed by atoms with E-state index in [0.717, 1.165) is 55.5 Å². The number of guanidine groups is 1. The van der Waals surface area contributed by atoms with Gasteiger partial charge in [0, 0.05) is 18.7 Å². The second-order valence-corrected chi connectivity index (χ2v) is 7.15. The van der Waals surface area contributed by atoms with Gasteiger partial charge >= 0.3 is 5.97 Å². The summed E-state index contributed by atoms with van der Waals surface area (Å²) < 4.78 is 5.84. The van der Waals surface area contributed by atoms with E-state index in [4.69, 9.17) is 14.9 Å². The number of nitrogens with zero attached hydrogens (tertiary/aromatic N) is 2. The van der Waals surface area contributed by atoms with Gasteiger partial charge in [0.2, 0.25) is 11.9 Å². The van der Waals surface area contributed by atoms with Crippen LogP contribution >= 0.6 is 0 Å². The van der Waals surface area contributed by atoms with Crippen molar-refractivity contribution in [1.29, 1.82) is 0 Å². The molecule has 1 fully saturated rings. The summed E-state index contributed by atoms with van der Waals surface area (Å²) in [5.41, 5.74) is 1.68. The number of aliphatic imine (C=N–C) groups is 1. The van der Waals surface area contributed by atoms with Crippen LogP contribution in [0.4, 0.5) is 5.69 Å². The lowest BCUT2D eigenvalue weighted by atomic mass is 10.1. The van der Waals surface area contributed by atoms with Gasteiger partial charge in [-0.2, -0.15) is 0 Å². The molecule has 0 aliphatic carbocycles. The molecule has 2 aliphatic heterocycles. The fourth-order valence-electron chi connectivity index (χ4n) is 3.50. The highest BCUT2D eigenvalue weighted by molar-refractivity contribution is 6.08. The minimum absolute atomic E-state index is 0.255. The molecule has 1 atom stereocenters. The summed E-state index contributed by atoms with van der Waals surface area (Å²) in [7, 11) is 0. The Kier molecular flexibility index (Phi) is 6.86. The monoisotopic (exact) mass is 389 g/mol. The largest absolute Gasteiger partial charge is 0.494 e. The molecule has 1 aromatic rings. The van der Waals surface area contributed by atoms with Crippen molar-refractivity contribution < 1.29 is 24.5 Å². The summed E-state index contributed by atoms with van der Waals surface area (Å²) in [6.07, 6.45) is 6.05. The molecule has 2 aliphatic rings. The first-order valence-electron chi connectivity index (χ1n) is 9.83. The number of amides is 1. The minimum atomic E-state index is -1.01. The maximum absolute atomic E-state index is 12.0. The normalized spacial score (nSPS) is 17.6. The van der Waals surface area contributed by atoms with E-state index in [0.29, 0.717) is 19.1 Å². The van der Waals surface area contributed by atoms with Crippen LogP contribution in [0.25, 0.3) is 0 Å². The standard InChI is InChI=1S/C20H27N3O5/c24-9-5-3-1-2-4-6-10-28-15-7-8-16-14(11-15)13-23-17(12-18(25)26)19(27)22-20(23)21-16/h7-8,11,17,24H,1-6,9-10,12-13H2,(H,25,26)(H,21,22,27). The molecule has 8 heteroatoms. The Morgan fingerprint density at radius 2 is 1.96 bits per heavy atom. The summed E-state index contributed by atoms with van der Waals surface area (Å²) in [4.78, 5) is 29.2. The number of aliphatic hydroxyl groups excluding tert-OH is 1. The number of nitrogens with one attached hydrogen (secondary N) is 1. The smallest absolute Gasteiger partial charge is 0.305 e. The van der Waals surface area contributed by atoms with Gasteiger partial charge in [-0.1, -0.05) is 25.7 Å². The lowest BCUT2D eigenvalue weighted by Crippen LogP contribution is -2.38. The predicted molar refractivity (Wildman–Crippen MR) is 104 cm³/mol. The Morgan fingerprint density at radius 3 is 2.71 bits per heavy atom. The van der Waals surface area contributed by atoms with Crippen LogP contribution < -0.4 is 10.1 Å². The zero-order valence-electron chi connectivity index (χ0n) is 15.9. The van der Waals surface area contributed by atoms with Crippen molar-refractivity contribution in [3.8, 4) is 5.75 Å². The molecule has 2 heterocycles. The predicted octanol–water partition coefficient (Wildman–Crippen LogP) is 2.17. The van der Waals surface area contributed by atoms with Crippen molar-refractivity contribution in [1.82, 2.24) is 10.2 Å². The fourth-order valence-corrected chi connectivity index (χ4v) is 3.50. The van der Waals surface area contributed by atoms with Crippen molar-refractivity contribution in [2.24, 2.45) is 4.99 Å². The van der Waals surface area contributed by atoms with Crippen LogP contribution in [0.3, 0.4) is 0 Å². The van der Waals surface area contributed by atoms with E-state index in [1.165, 1.54) is 0 Å². The number of ether oxygens (including phenoxy) is 1. The van der Waals surface area contributed by atoms with E-state index in [1.54, 1.807) is 4.90 Å². The van der Waals surface area contributed by atoms with Crippen LogP contribution in [0.2, 0.25) is 0 Å². The average molecular weight is 389 g/mol. The van der Waals surface area contributed by atoms with Crippen molar-refractivity contribution in [2.45, 2.75) is 57.5 Å². The SMILES string of the molecule is O=C(O)CC1C(=O)NC2=Nc3ccc(OCCCCCCCCO)cc3CN21. The number of hydrogen-bond donors (Lipinski definition) is 3. The van der Waals surface area contributed by atoms with E-state index < -0.39 is 12.0 Å². The summed E-state index contributed by atoms with van der Waals surface area (Å²) in [6, 6.07) is 4.91. The number of carboxylic acids is 1. The third kappa shape index (κ3) is 5.01. The van der Waals surface area contributed by atoms with E-state index >= 15 is 0 Å². The molecule has 0 bridgehead atoms. The molecule has 0 saturated carbocycles. The van der Waals surface area contributed by atoms with E-state index in [-0.39, 0.29) is 18.9 Å². The number of hydrogen-bond acceptors (Lipinski definition) is 6. The van der Waals surface area contributed by atoms with Crippen LogP contribution in [0.1, 0.15) is 50.5 Å². The maximum atomic E-state index is 12.0.